The zero-order chi connectivity index (χ0) is 11.4. The van der Waals surface area contributed by atoms with Crippen molar-refractivity contribution in [1.82, 2.24) is 15.3 Å². The van der Waals surface area contributed by atoms with E-state index in [0.717, 1.165) is 5.06 Å². The maximum Gasteiger partial charge on any atom is 0.342 e. The summed E-state index contributed by atoms with van der Waals surface area (Å²) in [5.41, 5.74) is 0.301. The molecule has 8 heteroatoms. The lowest BCUT2D eigenvalue weighted by Gasteiger charge is -2.11. The van der Waals surface area contributed by atoms with Crippen molar-refractivity contribution >= 4 is 11.7 Å². The molecule has 0 aliphatic heterocycles. The summed E-state index contributed by atoms with van der Waals surface area (Å²) in [6.45, 7) is 0. The van der Waals surface area contributed by atoms with Crippen LogP contribution in [0.4, 0.5) is 5.82 Å². The number of hydrogen-bond acceptors (Lipinski definition) is 5. The summed E-state index contributed by atoms with van der Waals surface area (Å²) in [6, 6.07) is 1.21. The van der Waals surface area contributed by atoms with Crippen molar-refractivity contribution in [2.24, 2.45) is 0 Å². The number of hydroxylamine groups is 2. The number of carbonyl (C=O) groups excluding carboxylic acids is 1. The SMILES string of the molecule is CON(C)C(=O)Cc1cc([N+](=O)[O-])[nH]n1. The third-order valence-electron chi connectivity index (χ3n) is 1.77. The lowest BCUT2D eigenvalue weighted by atomic mass is 10.3. The first-order valence-electron chi connectivity index (χ1n) is 4.04. The van der Waals surface area contributed by atoms with Gasteiger partial charge in [0.1, 0.15) is 5.69 Å². The van der Waals surface area contributed by atoms with Crippen molar-refractivity contribution in [3.63, 3.8) is 0 Å². The van der Waals surface area contributed by atoms with E-state index in [4.69, 9.17) is 0 Å². The Kier molecular flexibility index (Phi) is 3.34. The number of likely N-dealkylation sites (N-methyl/N-ethyl adjacent to an activating group) is 1. The van der Waals surface area contributed by atoms with Crippen molar-refractivity contribution in [2.75, 3.05) is 14.2 Å². The van der Waals surface area contributed by atoms with Gasteiger partial charge in [-0.05, 0) is 4.92 Å². The van der Waals surface area contributed by atoms with Gasteiger partial charge in [-0.25, -0.2) is 5.06 Å². The summed E-state index contributed by atoms with van der Waals surface area (Å²) in [5, 5.41) is 17.2. The Labute approximate surface area is 84.9 Å². The second kappa shape index (κ2) is 4.51. The molecule has 15 heavy (non-hydrogen) atoms. The van der Waals surface area contributed by atoms with Crippen LogP contribution in [-0.2, 0) is 16.1 Å². The number of amides is 1. The van der Waals surface area contributed by atoms with Crippen LogP contribution >= 0.6 is 0 Å². The fourth-order valence-corrected chi connectivity index (χ4v) is 0.904. The third-order valence-corrected chi connectivity index (χ3v) is 1.77. The van der Waals surface area contributed by atoms with Crippen LogP contribution in [0.25, 0.3) is 0 Å². The summed E-state index contributed by atoms with van der Waals surface area (Å²) < 4.78 is 0. The van der Waals surface area contributed by atoms with E-state index in [0.29, 0.717) is 5.69 Å². The van der Waals surface area contributed by atoms with E-state index in [2.05, 4.69) is 15.0 Å². The number of H-pyrrole nitrogens is 1. The van der Waals surface area contributed by atoms with E-state index in [1.165, 1.54) is 20.2 Å². The van der Waals surface area contributed by atoms with Crippen LogP contribution in [0.3, 0.4) is 0 Å². The number of rotatable bonds is 4. The average molecular weight is 214 g/mol. The molecule has 8 nitrogen and oxygen atoms in total. The number of nitrogens with zero attached hydrogens (tertiary/aromatic N) is 3. The van der Waals surface area contributed by atoms with Crippen LogP contribution in [0, 0.1) is 10.1 Å². The highest BCUT2D eigenvalue weighted by molar-refractivity contribution is 5.77. The number of aromatic nitrogens is 2. The normalized spacial score (nSPS) is 10.0. The lowest BCUT2D eigenvalue weighted by Crippen LogP contribution is -2.27. The Morgan fingerprint density at radius 1 is 1.80 bits per heavy atom. The molecule has 0 atom stereocenters. The molecule has 1 rings (SSSR count). The summed E-state index contributed by atoms with van der Waals surface area (Å²) in [5.74, 6) is -0.572. The van der Waals surface area contributed by atoms with Gasteiger partial charge in [-0.2, -0.15) is 0 Å². The van der Waals surface area contributed by atoms with Crippen molar-refractivity contribution in [3.8, 4) is 0 Å². The molecule has 82 valence electrons. The summed E-state index contributed by atoms with van der Waals surface area (Å²) >= 11 is 0. The highest BCUT2D eigenvalue weighted by atomic mass is 16.7. The molecule has 1 aromatic heterocycles. The molecule has 0 bridgehead atoms. The van der Waals surface area contributed by atoms with Gasteiger partial charge in [-0.1, -0.05) is 5.10 Å². The van der Waals surface area contributed by atoms with E-state index in [-0.39, 0.29) is 18.1 Å². The van der Waals surface area contributed by atoms with Crippen molar-refractivity contribution < 1.29 is 14.6 Å². The maximum absolute atomic E-state index is 11.3. The van der Waals surface area contributed by atoms with E-state index in [1.54, 1.807) is 0 Å². The largest absolute Gasteiger partial charge is 0.358 e. The zero-order valence-corrected chi connectivity index (χ0v) is 8.26. The Morgan fingerprint density at radius 3 is 2.93 bits per heavy atom. The minimum absolute atomic E-state index is 0.0469. The topological polar surface area (TPSA) is 101 Å². The second-order valence-corrected chi connectivity index (χ2v) is 2.75. The van der Waals surface area contributed by atoms with Gasteiger partial charge < -0.3 is 10.1 Å². The summed E-state index contributed by atoms with van der Waals surface area (Å²) in [6.07, 6.45) is -0.0469. The minimum atomic E-state index is -0.610. The van der Waals surface area contributed by atoms with E-state index in [9.17, 15) is 14.9 Å². The maximum atomic E-state index is 11.3. The molecule has 1 N–H and O–H groups in total. The quantitative estimate of drug-likeness (QED) is 0.556. The standard InChI is InChI=1S/C7H10N4O4/c1-10(15-2)7(12)4-5-3-6(9-8-5)11(13)14/h3H,4H2,1-2H3,(H,8,9). The predicted octanol–water partition coefficient (Wildman–Crippen LogP) is -0.120. The van der Waals surface area contributed by atoms with Gasteiger partial charge in [0.2, 0.25) is 0 Å². The highest BCUT2D eigenvalue weighted by Crippen LogP contribution is 2.08. The lowest BCUT2D eigenvalue weighted by molar-refractivity contribution is -0.389. The molecule has 1 amide bonds. The Hall–Kier alpha value is -1.96. The molecular formula is C7H10N4O4. The first kappa shape index (κ1) is 11.1. The van der Waals surface area contributed by atoms with Crippen LogP contribution < -0.4 is 0 Å². The molecule has 0 unspecified atom stereocenters. The van der Waals surface area contributed by atoms with Gasteiger partial charge in [0.15, 0.2) is 0 Å². The molecule has 0 saturated heterocycles. The number of aromatic amines is 1. The van der Waals surface area contributed by atoms with Crippen LogP contribution in [-0.4, -0.2) is 40.2 Å². The zero-order valence-electron chi connectivity index (χ0n) is 8.26. The van der Waals surface area contributed by atoms with Crippen LogP contribution in [0.5, 0.6) is 0 Å². The molecular weight excluding hydrogens is 204 g/mol. The first-order chi connectivity index (χ1) is 7.04. The molecule has 0 fully saturated rings. The smallest absolute Gasteiger partial charge is 0.342 e. The fraction of sp³-hybridized carbons (Fsp3) is 0.429. The van der Waals surface area contributed by atoms with Crippen molar-refractivity contribution in [3.05, 3.63) is 21.9 Å². The molecule has 1 aromatic rings. The van der Waals surface area contributed by atoms with Crippen LogP contribution in [0.1, 0.15) is 5.69 Å². The highest BCUT2D eigenvalue weighted by Gasteiger charge is 2.15. The number of nitrogens with one attached hydrogen (secondary N) is 1. The molecule has 0 saturated carbocycles. The van der Waals surface area contributed by atoms with Crippen LogP contribution in [0.2, 0.25) is 0 Å². The Bertz CT molecular complexity index is 375. The van der Waals surface area contributed by atoms with Gasteiger partial charge in [-0.3, -0.25) is 9.63 Å². The predicted molar refractivity (Wildman–Crippen MR) is 48.7 cm³/mol. The van der Waals surface area contributed by atoms with Crippen molar-refractivity contribution in [1.29, 1.82) is 0 Å². The molecule has 0 aliphatic rings. The van der Waals surface area contributed by atoms with Gasteiger partial charge in [0.05, 0.1) is 19.6 Å². The van der Waals surface area contributed by atoms with Gasteiger partial charge in [0.25, 0.3) is 5.91 Å². The molecule has 0 aromatic carbocycles. The Morgan fingerprint density at radius 2 is 2.47 bits per heavy atom. The molecule has 0 radical (unpaired) electrons. The molecule has 0 spiro atoms. The number of carbonyl (C=O) groups is 1. The fourth-order valence-electron chi connectivity index (χ4n) is 0.904. The summed E-state index contributed by atoms with van der Waals surface area (Å²) in [7, 11) is 2.80. The van der Waals surface area contributed by atoms with Gasteiger partial charge in [0, 0.05) is 7.05 Å². The third kappa shape index (κ3) is 2.74. The monoisotopic (exact) mass is 214 g/mol. The minimum Gasteiger partial charge on any atom is -0.358 e. The van der Waals surface area contributed by atoms with Crippen molar-refractivity contribution in [2.45, 2.75) is 6.42 Å². The molecule has 0 aliphatic carbocycles. The number of hydrogen-bond donors (Lipinski definition) is 1. The second-order valence-electron chi connectivity index (χ2n) is 2.75. The van der Waals surface area contributed by atoms with Gasteiger partial charge >= 0.3 is 5.82 Å². The van der Waals surface area contributed by atoms with E-state index in [1.807, 2.05) is 0 Å². The van der Waals surface area contributed by atoms with Gasteiger partial charge in [-0.15, -0.1) is 5.10 Å². The summed E-state index contributed by atoms with van der Waals surface area (Å²) in [4.78, 5) is 25.6. The molecule has 1 heterocycles. The van der Waals surface area contributed by atoms with E-state index < -0.39 is 4.92 Å². The first-order valence-corrected chi connectivity index (χ1v) is 4.04. The average Bonchev–Trinajstić information content (AvgIpc) is 2.65. The van der Waals surface area contributed by atoms with E-state index >= 15 is 0 Å². The van der Waals surface area contributed by atoms with Crippen LogP contribution in [0.15, 0.2) is 6.07 Å². The number of nitro groups is 1. The Balaban J connectivity index is 2.65.